The maximum absolute atomic E-state index is 11.5. The highest BCUT2D eigenvalue weighted by Crippen LogP contribution is 2.21. The number of esters is 1. The van der Waals surface area contributed by atoms with Crippen LogP contribution in [0.4, 0.5) is 13.2 Å². The molecule has 0 aliphatic rings. The van der Waals surface area contributed by atoms with Crippen molar-refractivity contribution in [1.29, 1.82) is 0 Å². The smallest absolute Gasteiger partial charge is 0.392 e. The fourth-order valence-corrected chi connectivity index (χ4v) is 0.541. The number of ether oxygens (including phenoxy) is 1. The normalized spacial score (nSPS) is 14.1. The first-order valence-corrected chi connectivity index (χ1v) is 3.28. The van der Waals surface area contributed by atoms with Crippen molar-refractivity contribution in [2.45, 2.75) is 25.6 Å². The van der Waals surface area contributed by atoms with E-state index in [1.165, 1.54) is 6.92 Å². The number of aliphatic hydroxyl groups is 1. The number of hydrogen-bond donors (Lipinski definition) is 1. The van der Waals surface area contributed by atoms with E-state index in [1.54, 1.807) is 0 Å². The number of rotatable bonds is 3. The molecule has 0 saturated heterocycles. The minimum atomic E-state index is -4.55. The summed E-state index contributed by atoms with van der Waals surface area (Å²) in [6, 6.07) is 0. The molecule has 1 atom stereocenters. The Morgan fingerprint density at radius 2 is 2.08 bits per heavy atom. The Hall–Kier alpha value is -0.780. The van der Waals surface area contributed by atoms with Crippen molar-refractivity contribution in [1.82, 2.24) is 0 Å². The van der Waals surface area contributed by atoms with E-state index in [9.17, 15) is 18.0 Å². The van der Waals surface area contributed by atoms with Crippen LogP contribution in [-0.4, -0.2) is 30.0 Å². The Kier molecular flexibility index (Phi) is 4.02. The van der Waals surface area contributed by atoms with Gasteiger partial charge in [0.2, 0.25) is 0 Å². The molecule has 0 spiro atoms. The summed E-state index contributed by atoms with van der Waals surface area (Å²) in [6.45, 7) is 1.39. The maximum atomic E-state index is 11.5. The fraction of sp³-hybridized carbons (Fsp3) is 0.833. The summed E-state index contributed by atoms with van der Waals surface area (Å²) in [5.41, 5.74) is 0. The topological polar surface area (TPSA) is 46.5 Å². The van der Waals surface area contributed by atoms with Gasteiger partial charge in [0.25, 0.3) is 0 Å². The zero-order chi connectivity index (χ0) is 9.78. The van der Waals surface area contributed by atoms with Gasteiger partial charge in [-0.3, -0.25) is 0 Å². The maximum Gasteiger partial charge on any atom is 0.392 e. The average molecular weight is 186 g/mol. The molecule has 0 amide bonds. The lowest BCUT2D eigenvalue weighted by Crippen LogP contribution is -2.28. The van der Waals surface area contributed by atoms with E-state index in [4.69, 9.17) is 5.11 Å². The van der Waals surface area contributed by atoms with Gasteiger partial charge in [0.05, 0.1) is 13.0 Å². The van der Waals surface area contributed by atoms with Crippen molar-refractivity contribution in [3.05, 3.63) is 0 Å². The second-order valence-corrected chi connectivity index (χ2v) is 2.09. The lowest BCUT2D eigenvalue weighted by molar-refractivity contribution is -0.176. The molecule has 0 saturated carbocycles. The van der Waals surface area contributed by atoms with Crippen molar-refractivity contribution in [2.24, 2.45) is 0 Å². The fourth-order valence-electron chi connectivity index (χ4n) is 0.541. The molecule has 0 aromatic heterocycles. The van der Waals surface area contributed by atoms with Crippen LogP contribution in [0.5, 0.6) is 0 Å². The van der Waals surface area contributed by atoms with Gasteiger partial charge in [-0.1, -0.05) is 0 Å². The molecule has 1 unspecified atom stereocenters. The van der Waals surface area contributed by atoms with Crippen LogP contribution in [-0.2, 0) is 9.53 Å². The molecule has 0 aliphatic heterocycles. The van der Waals surface area contributed by atoms with Crippen molar-refractivity contribution in [3.63, 3.8) is 0 Å². The van der Waals surface area contributed by atoms with Crippen LogP contribution in [0.3, 0.4) is 0 Å². The quantitative estimate of drug-likeness (QED) is 0.665. The van der Waals surface area contributed by atoms with Gasteiger partial charge in [-0.2, -0.15) is 13.2 Å². The first-order valence-electron chi connectivity index (χ1n) is 3.28. The first-order chi connectivity index (χ1) is 5.37. The van der Waals surface area contributed by atoms with E-state index in [0.717, 1.165) is 0 Å². The van der Waals surface area contributed by atoms with Gasteiger partial charge < -0.3 is 9.84 Å². The number of carbonyl (C=O) groups is 1. The predicted molar refractivity (Wildman–Crippen MR) is 33.3 cm³/mol. The van der Waals surface area contributed by atoms with Gasteiger partial charge in [-0.25, -0.2) is 4.79 Å². The Labute approximate surface area is 67.1 Å². The minimum absolute atomic E-state index is 0.0479. The van der Waals surface area contributed by atoms with Crippen LogP contribution >= 0.6 is 0 Å². The van der Waals surface area contributed by atoms with Gasteiger partial charge >= 0.3 is 12.1 Å². The van der Waals surface area contributed by atoms with Gasteiger partial charge in [-0.05, 0) is 6.92 Å². The summed E-state index contributed by atoms with van der Waals surface area (Å²) in [5.74, 6) is -1.24. The van der Waals surface area contributed by atoms with E-state index < -0.39 is 24.7 Å². The van der Waals surface area contributed by atoms with E-state index >= 15 is 0 Å². The van der Waals surface area contributed by atoms with Gasteiger partial charge in [-0.15, -0.1) is 0 Å². The number of carbonyl (C=O) groups excluding carboxylic acids is 1. The van der Waals surface area contributed by atoms with Gasteiger partial charge in [0.1, 0.15) is 0 Å². The number of halogens is 3. The zero-order valence-corrected chi connectivity index (χ0v) is 6.39. The molecular weight excluding hydrogens is 177 g/mol. The summed E-state index contributed by atoms with van der Waals surface area (Å²) < 4.78 is 38.8. The molecule has 72 valence electrons. The summed E-state index contributed by atoms with van der Waals surface area (Å²) in [6.07, 6.45) is -8.22. The average Bonchev–Trinajstić information content (AvgIpc) is 1.84. The highest BCUT2D eigenvalue weighted by atomic mass is 19.4. The molecule has 1 N–H and O–H groups in total. The lowest BCUT2D eigenvalue weighted by atomic mass is 10.2. The third-order valence-corrected chi connectivity index (χ3v) is 0.983. The van der Waals surface area contributed by atoms with Crippen LogP contribution in [0.1, 0.15) is 13.3 Å². The van der Waals surface area contributed by atoms with E-state index in [-0.39, 0.29) is 6.61 Å². The molecular formula is C6H9F3O3. The molecule has 0 rings (SSSR count). The van der Waals surface area contributed by atoms with Crippen molar-refractivity contribution in [2.75, 3.05) is 6.61 Å². The summed E-state index contributed by atoms with van der Waals surface area (Å²) >= 11 is 0. The third-order valence-electron chi connectivity index (χ3n) is 0.983. The Morgan fingerprint density at radius 1 is 1.58 bits per heavy atom. The van der Waals surface area contributed by atoms with Crippen LogP contribution in [0, 0.1) is 0 Å². The second-order valence-electron chi connectivity index (χ2n) is 2.09. The van der Waals surface area contributed by atoms with E-state index in [0.29, 0.717) is 0 Å². The number of hydrogen-bond acceptors (Lipinski definition) is 3. The lowest BCUT2D eigenvalue weighted by Gasteiger charge is -2.11. The SMILES string of the molecule is CCOC(=O)C(O)CC(F)(F)F. The monoisotopic (exact) mass is 186 g/mol. The Bertz CT molecular complexity index is 155. The van der Waals surface area contributed by atoms with Crippen LogP contribution in [0.25, 0.3) is 0 Å². The molecule has 0 radical (unpaired) electrons. The number of alkyl halides is 3. The molecule has 0 heterocycles. The predicted octanol–water partition coefficient (Wildman–Crippen LogP) is 0.863. The zero-order valence-electron chi connectivity index (χ0n) is 6.39. The highest BCUT2D eigenvalue weighted by molar-refractivity contribution is 5.74. The minimum Gasteiger partial charge on any atom is -0.464 e. The van der Waals surface area contributed by atoms with Crippen LogP contribution < -0.4 is 0 Å². The molecule has 0 fully saturated rings. The van der Waals surface area contributed by atoms with Crippen LogP contribution in [0.15, 0.2) is 0 Å². The highest BCUT2D eigenvalue weighted by Gasteiger charge is 2.34. The number of aliphatic hydroxyl groups excluding tert-OH is 1. The van der Waals surface area contributed by atoms with Crippen molar-refractivity contribution >= 4 is 5.97 Å². The molecule has 0 bridgehead atoms. The molecule has 12 heavy (non-hydrogen) atoms. The Balaban J connectivity index is 3.87. The van der Waals surface area contributed by atoms with E-state index in [1.807, 2.05) is 0 Å². The second kappa shape index (κ2) is 4.30. The van der Waals surface area contributed by atoms with E-state index in [2.05, 4.69) is 4.74 Å². The van der Waals surface area contributed by atoms with Crippen LogP contribution in [0.2, 0.25) is 0 Å². The third kappa shape index (κ3) is 4.95. The standard InChI is InChI=1S/C6H9F3O3/c1-2-12-5(11)4(10)3-6(7,8)9/h4,10H,2-3H2,1H3. The van der Waals surface area contributed by atoms with Gasteiger partial charge in [0.15, 0.2) is 6.10 Å². The molecule has 0 aromatic carbocycles. The molecule has 0 aliphatic carbocycles. The largest absolute Gasteiger partial charge is 0.464 e. The van der Waals surface area contributed by atoms with Crippen molar-refractivity contribution < 1.29 is 27.8 Å². The summed E-state index contributed by atoms with van der Waals surface area (Å²) in [7, 11) is 0. The molecule has 6 heteroatoms. The molecule has 0 aromatic rings. The summed E-state index contributed by atoms with van der Waals surface area (Å²) in [4.78, 5) is 10.4. The first kappa shape index (κ1) is 11.2. The van der Waals surface area contributed by atoms with Crippen molar-refractivity contribution in [3.8, 4) is 0 Å². The summed E-state index contributed by atoms with van der Waals surface area (Å²) in [5, 5.41) is 8.59. The van der Waals surface area contributed by atoms with Gasteiger partial charge in [0, 0.05) is 0 Å². The molecule has 3 nitrogen and oxygen atoms in total. The Morgan fingerprint density at radius 3 is 2.42 bits per heavy atom.